The van der Waals surface area contributed by atoms with Crippen molar-refractivity contribution in [3.8, 4) is 5.75 Å². The molecular weight excluding hydrogens is 262 g/mol. The van der Waals surface area contributed by atoms with Crippen molar-refractivity contribution in [3.05, 3.63) is 29.3 Å². The lowest BCUT2D eigenvalue weighted by atomic mass is 9.96. The lowest BCUT2D eigenvalue weighted by Crippen LogP contribution is -2.33. The van der Waals surface area contributed by atoms with Crippen molar-refractivity contribution in [2.75, 3.05) is 19.6 Å². The number of aromatic nitrogens is 2. The van der Waals surface area contributed by atoms with Gasteiger partial charge in [0.2, 0.25) is 0 Å². The smallest absolute Gasteiger partial charge is 0.158 e. The van der Waals surface area contributed by atoms with Crippen LogP contribution in [0.25, 0.3) is 5.52 Å². The number of rotatable bonds is 2. The maximum atomic E-state index is 9.89. The van der Waals surface area contributed by atoms with E-state index in [-0.39, 0.29) is 5.75 Å². The van der Waals surface area contributed by atoms with Crippen LogP contribution in [0, 0.1) is 0 Å². The van der Waals surface area contributed by atoms with Crippen molar-refractivity contribution in [1.29, 1.82) is 0 Å². The predicted molar refractivity (Wildman–Crippen MR) is 76.0 cm³/mol. The number of imidazole rings is 1. The van der Waals surface area contributed by atoms with Gasteiger partial charge in [-0.15, -0.1) is 0 Å². The average Bonchev–Trinajstić information content (AvgIpc) is 2.78. The van der Waals surface area contributed by atoms with Crippen LogP contribution in [-0.4, -0.2) is 39.0 Å². The average molecular weight is 280 g/mol. The van der Waals surface area contributed by atoms with Gasteiger partial charge >= 0.3 is 0 Å². The van der Waals surface area contributed by atoms with E-state index in [0.29, 0.717) is 16.6 Å². The van der Waals surface area contributed by atoms with E-state index in [4.69, 9.17) is 11.6 Å². The van der Waals surface area contributed by atoms with Crippen LogP contribution in [0.4, 0.5) is 0 Å². The largest absolute Gasteiger partial charge is 0.506 e. The first kappa shape index (κ1) is 12.8. The molecule has 0 atom stereocenters. The normalized spacial score (nSPS) is 18.2. The highest BCUT2D eigenvalue weighted by atomic mass is 35.5. The Kier molecular flexibility index (Phi) is 3.37. The number of fused-ring (bicyclic) bond motifs is 1. The van der Waals surface area contributed by atoms with Gasteiger partial charge in [0.1, 0.15) is 17.1 Å². The van der Waals surface area contributed by atoms with Crippen molar-refractivity contribution in [2.24, 2.45) is 0 Å². The maximum absolute atomic E-state index is 9.89. The third-order valence-electron chi connectivity index (χ3n) is 4.03. The quantitative estimate of drug-likeness (QED) is 0.919. The van der Waals surface area contributed by atoms with Crippen LogP contribution in [0.5, 0.6) is 5.75 Å². The van der Waals surface area contributed by atoms with Gasteiger partial charge in [0.05, 0.1) is 0 Å². The fourth-order valence-electron chi connectivity index (χ4n) is 2.90. The highest BCUT2D eigenvalue weighted by Gasteiger charge is 2.25. The first-order valence-corrected chi connectivity index (χ1v) is 7.16. The zero-order valence-corrected chi connectivity index (χ0v) is 11.8. The summed E-state index contributed by atoms with van der Waals surface area (Å²) in [5, 5.41) is 10.3. The molecular formula is C14H18ClN3O. The van der Waals surface area contributed by atoms with Crippen molar-refractivity contribution in [2.45, 2.75) is 25.7 Å². The van der Waals surface area contributed by atoms with Crippen LogP contribution in [-0.2, 0) is 0 Å². The number of aromatic hydroxyl groups is 1. The van der Waals surface area contributed by atoms with E-state index in [2.05, 4.69) is 16.8 Å². The fourth-order valence-corrected chi connectivity index (χ4v) is 3.17. The summed E-state index contributed by atoms with van der Waals surface area (Å²) in [4.78, 5) is 6.92. The third-order valence-corrected chi connectivity index (χ3v) is 4.29. The van der Waals surface area contributed by atoms with E-state index in [9.17, 15) is 5.11 Å². The molecule has 0 aromatic carbocycles. The van der Waals surface area contributed by atoms with Gasteiger partial charge in [-0.3, -0.25) is 4.40 Å². The summed E-state index contributed by atoms with van der Waals surface area (Å²) in [5.74, 6) is 1.59. The molecule has 1 N–H and O–H groups in total. The Balaban J connectivity index is 1.96. The predicted octanol–water partition coefficient (Wildman–Crippen LogP) is 2.89. The molecule has 2 aromatic rings. The van der Waals surface area contributed by atoms with Gasteiger partial charge in [-0.25, -0.2) is 4.98 Å². The van der Waals surface area contributed by atoms with Gasteiger partial charge in [0.25, 0.3) is 0 Å². The van der Waals surface area contributed by atoms with E-state index in [1.165, 1.54) is 0 Å². The standard InChI is InChI=1S/C14H18ClN3O/c1-2-17-8-5-10(6-9-17)14-16-13(15)12-11(19)4-3-7-18(12)14/h3-4,7,10,19H,2,5-6,8-9H2,1H3. The lowest BCUT2D eigenvalue weighted by molar-refractivity contribution is 0.219. The van der Waals surface area contributed by atoms with Crippen molar-refractivity contribution in [1.82, 2.24) is 14.3 Å². The Bertz CT molecular complexity index is 588. The summed E-state index contributed by atoms with van der Waals surface area (Å²) in [7, 11) is 0. The summed E-state index contributed by atoms with van der Waals surface area (Å²) >= 11 is 6.16. The Morgan fingerprint density at radius 3 is 2.84 bits per heavy atom. The minimum atomic E-state index is 0.192. The number of hydrogen-bond acceptors (Lipinski definition) is 3. The van der Waals surface area contributed by atoms with Crippen LogP contribution in [0.2, 0.25) is 5.15 Å². The molecule has 0 bridgehead atoms. The van der Waals surface area contributed by atoms with Crippen LogP contribution in [0.15, 0.2) is 18.3 Å². The maximum Gasteiger partial charge on any atom is 0.158 e. The number of nitrogens with zero attached hydrogens (tertiary/aromatic N) is 3. The molecule has 1 aliphatic heterocycles. The monoisotopic (exact) mass is 279 g/mol. The van der Waals surface area contributed by atoms with E-state index in [0.717, 1.165) is 38.3 Å². The SMILES string of the molecule is CCN1CCC(c2nc(Cl)c3c(O)cccn23)CC1. The Labute approximate surface area is 117 Å². The minimum absolute atomic E-state index is 0.192. The number of piperidine rings is 1. The number of likely N-dealkylation sites (tertiary alicyclic amines) is 1. The molecule has 3 heterocycles. The van der Waals surface area contributed by atoms with E-state index in [1.807, 2.05) is 16.7 Å². The molecule has 1 fully saturated rings. The van der Waals surface area contributed by atoms with Gasteiger partial charge in [0.15, 0.2) is 5.15 Å². The molecule has 2 aromatic heterocycles. The van der Waals surface area contributed by atoms with Gasteiger partial charge < -0.3 is 10.0 Å². The summed E-state index contributed by atoms with van der Waals surface area (Å²) in [6, 6.07) is 3.47. The summed E-state index contributed by atoms with van der Waals surface area (Å²) in [6.45, 7) is 5.51. The van der Waals surface area contributed by atoms with Gasteiger partial charge in [-0.05, 0) is 44.6 Å². The second-order valence-corrected chi connectivity index (χ2v) is 5.44. The highest BCUT2D eigenvalue weighted by Crippen LogP contribution is 2.33. The zero-order chi connectivity index (χ0) is 13.4. The van der Waals surface area contributed by atoms with Crippen LogP contribution < -0.4 is 0 Å². The van der Waals surface area contributed by atoms with E-state index in [1.54, 1.807) is 6.07 Å². The molecule has 102 valence electrons. The Hall–Kier alpha value is -1.26. The third kappa shape index (κ3) is 2.19. The first-order chi connectivity index (χ1) is 9.20. The Morgan fingerprint density at radius 1 is 1.42 bits per heavy atom. The number of hydrogen-bond donors (Lipinski definition) is 1. The molecule has 3 rings (SSSR count). The molecule has 0 amide bonds. The van der Waals surface area contributed by atoms with Crippen molar-refractivity contribution >= 4 is 17.1 Å². The molecule has 0 spiro atoms. The highest BCUT2D eigenvalue weighted by molar-refractivity contribution is 6.33. The van der Waals surface area contributed by atoms with Crippen LogP contribution in [0.3, 0.4) is 0 Å². The van der Waals surface area contributed by atoms with Gasteiger partial charge in [-0.2, -0.15) is 0 Å². The lowest BCUT2D eigenvalue weighted by Gasteiger charge is -2.30. The van der Waals surface area contributed by atoms with E-state index >= 15 is 0 Å². The van der Waals surface area contributed by atoms with Crippen molar-refractivity contribution < 1.29 is 5.11 Å². The van der Waals surface area contributed by atoms with Crippen LogP contribution >= 0.6 is 11.6 Å². The molecule has 0 aliphatic carbocycles. The zero-order valence-electron chi connectivity index (χ0n) is 11.0. The summed E-state index contributed by atoms with van der Waals surface area (Å²) < 4.78 is 1.93. The second-order valence-electron chi connectivity index (χ2n) is 5.08. The molecule has 1 saturated heterocycles. The molecule has 0 unspecified atom stereocenters. The molecule has 5 heteroatoms. The molecule has 4 nitrogen and oxygen atoms in total. The van der Waals surface area contributed by atoms with Crippen molar-refractivity contribution in [3.63, 3.8) is 0 Å². The molecule has 0 radical (unpaired) electrons. The van der Waals surface area contributed by atoms with E-state index < -0.39 is 0 Å². The molecule has 0 saturated carbocycles. The van der Waals surface area contributed by atoms with Crippen LogP contribution in [0.1, 0.15) is 31.5 Å². The van der Waals surface area contributed by atoms with Gasteiger partial charge in [0, 0.05) is 12.1 Å². The number of halogens is 1. The second kappa shape index (κ2) is 5.02. The fraction of sp³-hybridized carbons (Fsp3) is 0.500. The van der Waals surface area contributed by atoms with Gasteiger partial charge in [-0.1, -0.05) is 18.5 Å². The summed E-state index contributed by atoms with van der Waals surface area (Å²) in [5.41, 5.74) is 0.622. The molecule has 19 heavy (non-hydrogen) atoms. The Morgan fingerprint density at radius 2 is 2.16 bits per heavy atom. The topological polar surface area (TPSA) is 40.8 Å². The first-order valence-electron chi connectivity index (χ1n) is 6.78. The minimum Gasteiger partial charge on any atom is -0.506 e. The number of pyridine rings is 1. The summed E-state index contributed by atoms with van der Waals surface area (Å²) in [6.07, 6.45) is 4.12. The molecule has 1 aliphatic rings.